The number of carbonyl (C=O) groups is 1. The lowest BCUT2D eigenvalue weighted by Crippen LogP contribution is -2.36. The zero-order valence-electron chi connectivity index (χ0n) is 10.6. The molecule has 102 valence electrons. The van der Waals surface area contributed by atoms with Crippen molar-refractivity contribution in [3.8, 4) is 0 Å². The molecule has 7 heteroatoms. The molecule has 2 aliphatic rings. The summed E-state index contributed by atoms with van der Waals surface area (Å²) >= 11 is 0. The molecule has 0 saturated carbocycles. The summed E-state index contributed by atoms with van der Waals surface area (Å²) in [5.74, 6) is -0.946. The summed E-state index contributed by atoms with van der Waals surface area (Å²) in [4.78, 5) is 19.2. The Balaban J connectivity index is 2.03. The minimum atomic E-state index is -3.75. The summed E-state index contributed by atoms with van der Waals surface area (Å²) in [7, 11) is -3.75. The van der Waals surface area contributed by atoms with Crippen LogP contribution in [0.3, 0.4) is 0 Å². The fourth-order valence-electron chi connectivity index (χ4n) is 2.05. The molecular formula is C13H11N3O3S. The first-order valence-electron chi connectivity index (χ1n) is 5.93. The smallest absolute Gasteiger partial charge is 0.269 e. The van der Waals surface area contributed by atoms with Crippen molar-refractivity contribution in [2.24, 2.45) is 15.9 Å². The van der Waals surface area contributed by atoms with Gasteiger partial charge in [0.2, 0.25) is 0 Å². The van der Waals surface area contributed by atoms with Crippen LogP contribution in [0.25, 0.3) is 0 Å². The van der Waals surface area contributed by atoms with E-state index in [2.05, 4.69) is 9.98 Å². The average Bonchev–Trinajstić information content (AvgIpc) is 2.85. The Bertz CT molecular complexity index is 761. The third-order valence-corrected chi connectivity index (χ3v) is 4.83. The summed E-state index contributed by atoms with van der Waals surface area (Å²) in [5.41, 5.74) is 0.969. The first kappa shape index (κ1) is 12.7. The Labute approximate surface area is 116 Å². The summed E-state index contributed by atoms with van der Waals surface area (Å²) in [6.07, 6.45) is 3.92. The lowest BCUT2D eigenvalue weighted by Gasteiger charge is -2.20. The SMILES string of the molecule is Cc1ccc(S(=O)(=O)N2C=CC3C(=O)N=CN=C32)cc1. The van der Waals surface area contributed by atoms with Gasteiger partial charge in [-0.2, -0.15) is 0 Å². The highest BCUT2D eigenvalue weighted by molar-refractivity contribution is 7.89. The zero-order chi connectivity index (χ0) is 14.3. The third-order valence-electron chi connectivity index (χ3n) is 3.14. The number of amidine groups is 1. The van der Waals surface area contributed by atoms with E-state index in [0.717, 1.165) is 16.2 Å². The number of nitrogens with zero attached hydrogens (tertiary/aromatic N) is 3. The molecule has 0 radical (unpaired) electrons. The van der Waals surface area contributed by atoms with Crippen molar-refractivity contribution in [2.45, 2.75) is 11.8 Å². The maximum atomic E-state index is 12.5. The second kappa shape index (κ2) is 4.38. The molecule has 0 spiro atoms. The highest BCUT2D eigenvalue weighted by Crippen LogP contribution is 2.26. The van der Waals surface area contributed by atoms with Gasteiger partial charge in [-0.25, -0.2) is 22.7 Å². The van der Waals surface area contributed by atoms with E-state index in [1.54, 1.807) is 12.1 Å². The molecule has 6 nitrogen and oxygen atoms in total. The van der Waals surface area contributed by atoms with Crippen LogP contribution in [0.1, 0.15) is 5.56 Å². The Hall–Kier alpha value is -2.28. The molecule has 20 heavy (non-hydrogen) atoms. The second-order valence-corrected chi connectivity index (χ2v) is 6.32. The van der Waals surface area contributed by atoms with Crippen LogP contribution in [-0.2, 0) is 14.8 Å². The van der Waals surface area contributed by atoms with Crippen LogP contribution < -0.4 is 0 Å². The number of hydrogen-bond donors (Lipinski definition) is 0. The number of benzene rings is 1. The normalized spacial score (nSPS) is 21.1. The van der Waals surface area contributed by atoms with Crippen LogP contribution in [0, 0.1) is 12.8 Å². The van der Waals surface area contributed by atoms with Crippen LogP contribution in [0.2, 0.25) is 0 Å². The van der Waals surface area contributed by atoms with Gasteiger partial charge in [0.25, 0.3) is 15.9 Å². The Morgan fingerprint density at radius 2 is 1.90 bits per heavy atom. The maximum Gasteiger partial charge on any atom is 0.269 e. The van der Waals surface area contributed by atoms with Gasteiger partial charge in [0, 0.05) is 6.20 Å². The van der Waals surface area contributed by atoms with Crippen molar-refractivity contribution in [1.29, 1.82) is 0 Å². The van der Waals surface area contributed by atoms with E-state index >= 15 is 0 Å². The van der Waals surface area contributed by atoms with Crippen LogP contribution in [0.15, 0.2) is 51.4 Å². The molecule has 1 aromatic carbocycles. The molecular weight excluding hydrogens is 278 g/mol. The zero-order valence-corrected chi connectivity index (χ0v) is 11.4. The standard InChI is InChI=1S/C13H11N3O3S/c1-9-2-4-10(5-3-9)20(18,19)16-7-6-11-12(16)14-8-15-13(11)17/h2-8,11H,1H3. The topological polar surface area (TPSA) is 79.2 Å². The lowest BCUT2D eigenvalue weighted by molar-refractivity contribution is -0.118. The number of aryl methyl sites for hydroxylation is 1. The number of amides is 1. The molecule has 0 fully saturated rings. The first-order valence-corrected chi connectivity index (χ1v) is 7.38. The van der Waals surface area contributed by atoms with Gasteiger partial charge < -0.3 is 0 Å². The molecule has 1 atom stereocenters. The number of fused-ring (bicyclic) bond motifs is 1. The number of aliphatic imine (C=N–C) groups is 2. The fourth-order valence-corrected chi connectivity index (χ4v) is 3.39. The van der Waals surface area contributed by atoms with Gasteiger partial charge in [0.1, 0.15) is 18.1 Å². The van der Waals surface area contributed by atoms with Gasteiger partial charge in [-0.05, 0) is 25.1 Å². The molecule has 2 aliphatic heterocycles. The van der Waals surface area contributed by atoms with Crippen molar-refractivity contribution in [2.75, 3.05) is 0 Å². The van der Waals surface area contributed by atoms with E-state index < -0.39 is 21.8 Å². The van der Waals surface area contributed by atoms with Crippen molar-refractivity contribution >= 4 is 28.1 Å². The number of carbonyl (C=O) groups excluding carboxylic acids is 1. The molecule has 2 heterocycles. The molecule has 1 amide bonds. The summed E-state index contributed by atoms with van der Waals surface area (Å²) in [6, 6.07) is 6.51. The van der Waals surface area contributed by atoms with Gasteiger partial charge in [0.15, 0.2) is 0 Å². The predicted octanol–water partition coefficient (Wildman–Crippen LogP) is 1.10. The van der Waals surface area contributed by atoms with E-state index in [-0.39, 0.29) is 10.7 Å². The molecule has 0 bridgehead atoms. The monoisotopic (exact) mass is 289 g/mol. The van der Waals surface area contributed by atoms with E-state index in [4.69, 9.17) is 0 Å². The van der Waals surface area contributed by atoms with E-state index in [1.165, 1.54) is 24.4 Å². The summed E-state index contributed by atoms with van der Waals surface area (Å²) < 4.78 is 26.1. The molecule has 0 N–H and O–H groups in total. The Kier molecular flexibility index (Phi) is 2.79. The highest BCUT2D eigenvalue weighted by Gasteiger charge is 2.38. The molecule has 3 rings (SSSR count). The summed E-state index contributed by atoms with van der Waals surface area (Å²) in [6.45, 7) is 1.88. The lowest BCUT2D eigenvalue weighted by atomic mass is 10.1. The molecule has 1 unspecified atom stereocenters. The fraction of sp³-hybridized carbons (Fsp3) is 0.154. The van der Waals surface area contributed by atoms with E-state index in [9.17, 15) is 13.2 Å². The summed E-state index contributed by atoms with van der Waals surface area (Å²) in [5, 5.41) is 0. The molecule has 1 aromatic rings. The minimum Gasteiger partial charge on any atom is -0.271 e. The van der Waals surface area contributed by atoms with Gasteiger partial charge in [-0.1, -0.05) is 17.7 Å². The van der Waals surface area contributed by atoms with Gasteiger partial charge >= 0.3 is 0 Å². The van der Waals surface area contributed by atoms with Crippen molar-refractivity contribution in [1.82, 2.24) is 4.31 Å². The van der Waals surface area contributed by atoms with Crippen molar-refractivity contribution in [3.63, 3.8) is 0 Å². The second-order valence-electron chi connectivity index (χ2n) is 4.50. The number of hydrogen-bond acceptors (Lipinski definition) is 4. The molecule has 0 aromatic heterocycles. The van der Waals surface area contributed by atoms with Crippen molar-refractivity contribution < 1.29 is 13.2 Å². The van der Waals surface area contributed by atoms with Crippen LogP contribution >= 0.6 is 0 Å². The maximum absolute atomic E-state index is 12.5. The van der Waals surface area contributed by atoms with E-state index in [0.29, 0.717) is 0 Å². The van der Waals surface area contributed by atoms with Gasteiger partial charge in [0.05, 0.1) is 4.90 Å². The minimum absolute atomic E-state index is 0.158. The third kappa shape index (κ3) is 1.87. The number of rotatable bonds is 2. The van der Waals surface area contributed by atoms with Crippen LogP contribution in [0.4, 0.5) is 0 Å². The van der Waals surface area contributed by atoms with Crippen molar-refractivity contribution in [3.05, 3.63) is 42.1 Å². The van der Waals surface area contributed by atoms with Crippen LogP contribution in [0.5, 0.6) is 0 Å². The molecule has 0 saturated heterocycles. The molecule has 0 aliphatic carbocycles. The Morgan fingerprint density at radius 1 is 1.20 bits per heavy atom. The predicted molar refractivity (Wildman–Crippen MR) is 73.8 cm³/mol. The Morgan fingerprint density at radius 3 is 2.60 bits per heavy atom. The van der Waals surface area contributed by atoms with Gasteiger partial charge in [-0.3, -0.25) is 4.79 Å². The quantitative estimate of drug-likeness (QED) is 0.817. The van der Waals surface area contributed by atoms with Crippen LogP contribution in [-0.4, -0.2) is 30.8 Å². The highest BCUT2D eigenvalue weighted by atomic mass is 32.2. The van der Waals surface area contributed by atoms with E-state index in [1.807, 2.05) is 6.92 Å². The van der Waals surface area contributed by atoms with Gasteiger partial charge in [-0.15, -0.1) is 0 Å². The first-order chi connectivity index (χ1) is 9.50. The average molecular weight is 289 g/mol. The largest absolute Gasteiger partial charge is 0.271 e. The number of sulfonamides is 1.